The molecule has 2 nitrogen and oxygen atoms in total. The van der Waals surface area contributed by atoms with Crippen LogP contribution in [0.1, 0.15) is 44.2 Å². The monoisotopic (exact) mass is 271 g/mol. The van der Waals surface area contributed by atoms with Crippen LogP contribution in [0.2, 0.25) is 0 Å². The lowest BCUT2D eigenvalue weighted by atomic mass is 9.59. The van der Waals surface area contributed by atoms with E-state index in [0.29, 0.717) is 17.7 Å². The highest BCUT2D eigenvalue weighted by Gasteiger charge is 2.48. The molecule has 1 heterocycles. The zero-order valence-corrected chi connectivity index (χ0v) is 12.6. The molecule has 0 spiro atoms. The van der Waals surface area contributed by atoms with Crippen LogP contribution in [0, 0.1) is 11.8 Å². The standard InChI is InChI=1S/C18H25NO/c1-12-17-9-14-5-6-15(20)10-16(14)18(12,2)7-8-19(17)11-13-3-4-13/h5-6,10,12-13,17,20H,3-4,7-9,11H2,1-2H3/t12?,17-,18?/m1/s1. The van der Waals surface area contributed by atoms with Gasteiger partial charge in [0.25, 0.3) is 0 Å². The number of phenolic OH excluding ortho intramolecular Hbond substituents is 1. The van der Waals surface area contributed by atoms with Gasteiger partial charge in [-0.25, -0.2) is 0 Å². The van der Waals surface area contributed by atoms with Gasteiger partial charge in [-0.05, 0) is 72.7 Å². The predicted molar refractivity (Wildman–Crippen MR) is 81.0 cm³/mol. The molecule has 108 valence electrons. The molecule has 1 saturated carbocycles. The Balaban J connectivity index is 1.71. The Labute approximate surface area is 121 Å². The van der Waals surface area contributed by atoms with Gasteiger partial charge in [0.2, 0.25) is 0 Å². The van der Waals surface area contributed by atoms with Gasteiger partial charge in [-0.3, -0.25) is 4.90 Å². The van der Waals surface area contributed by atoms with Crippen molar-refractivity contribution in [2.75, 3.05) is 13.1 Å². The van der Waals surface area contributed by atoms with E-state index in [4.69, 9.17) is 0 Å². The number of benzene rings is 1. The lowest BCUT2D eigenvalue weighted by Gasteiger charge is -2.54. The summed E-state index contributed by atoms with van der Waals surface area (Å²) in [4.78, 5) is 2.76. The third-order valence-electron chi connectivity index (χ3n) is 6.30. The molecule has 1 aliphatic heterocycles. The minimum absolute atomic E-state index is 0.247. The molecule has 3 atom stereocenters. The molecule has 0 radical (unpaired) electrons. The topological polar surface area (TPSA) is 23.5 Å². The quantitative estimate of drug-likeness (QED) is 0.892. The molecular weight excluding hydrogens is 246 g/mol. The molecule has 20 heavy (non-hydrogen) atoms. The summed E-state index contributed by atoms with van der Waals surface area (Å²) in [5, 5.41) is 9.85. The second-order valence-corrected chi connectivity index (χ2v) is 7.51. The second-order valence-electron chi connectivity index (χ2n) is 7.51. The van der Waals surface area contributed by atoms with E-state index in [-0.39, 0.29) is 5.41 Å². The van der Waals surface area contributed by atoms with E-state index >= 15 is 0 Å². The number of hydrogen-bond donors (Lipinski definition) is 1. The van der Waals surface area contributed by atoms with Crippen molar-refractivity contribution in [2.24, 2.45) is 11.8 Å². The maximum atomic E-state index is 9.85. The van der Waals surface area contributed by atoms with Crippen molar-refractivity contribution in [3.63, 3.8) is 0 Å². The molecular formula is C18H25NO. The fourth-order valence-corrected chi connectivity index (χ4v) is 4.55. The van der Waals surface area contributed by atoms with E-state index in [9.17, 15) is 5.11 Å². The van der Waals surface area contributed by atoms with Gasteiger partial charge in [-0.15, -0.1) is 0 Å². The molecule has 2 fully saturated rings. The Morgan fingerprint density at radius 1 is 1.35 bits per heavy atom. The minimum atomic E-state index is 0.247. The highest BCUT2D eigenvalue weighted by atomic mass is 16.3. The van der Waals surface area contributed by atoms with Crippen molar-refractivity contribution in [1.29, 1.82) is 0 Å². The lowest BCUT2D eigenvalue weighted by Crippen LogP contribution is -2.58. The summed E-state index contributed by atoms with van der Waals surface area (Å²) in [6.45, 7) is 7.39. The molecule has 3 aliphatic rings. The average Bonchev–Trinajstić information content (AvgIpc) is 3.22. The van der Waals surface area contributed by atoms with Gasteiger partial charge < -0.3 is 5.11 Å². The Bertz CT molecular complexity index is 536. The van der Waals surface area contributed by atoms with Crippen molar-refractivity contribution in [3.05, 3.63) is 29.3 Å². The Hall–Kier alpha value is -1.02. The summed E-state index contributed by atoms with van der Waals surface area (Å²) >= 11 is 0. The maximum Gasteiger partial charge on any atom is 0.115 e. The fourth-order valence-electron chi connectivity index (χ4n) is 4.55. The second kappa shape index (κ2) is 4.24. The van der Waals surface area contributed by atoms with E-state index < -0.39 is 0 Å². The zero-order chi connectivity index (χ0) is 13.9. The first-order valence-corrected chi connectivity index (χ1v) is 8.14. The molecule has 1 saturated heterocycles. The van der Waals surface area contributed by atoms with Crippen LogP contribution in [0.25, 0.3) is 0 Å². The number of likely N-dealkylation sites (tertiary alicyclic amines) is 1. The van der Waals surface area contributed by atoms with Crippen molar-refractivity contribution < 1.29 is 5.11 Å². The van der Waals surface area contributed by atoms with Gasteiger partial charge >= 0.3 is 0 Å². The molecule has 2 heteroatoms. The maximum absolute atomic E-state index is 9.85. The number of phenols is 1. The number of piperidine rings is 1. The van der Waals surface area contributed by atoms with E-state index in [1.807, 2.05) is 12.1 Å². The molecule has 1 N–H and O–H groups in total. The van der Waals surface area contributed by atoms with E-state index in [0.717, 1.165) is 5.92 Å². The highest BCUT2D eigenvalue weighted by molar-refractivity contribution is 5.44. The summed E-state index contributed by atoms with van der Waals surface area (Å²) in [7, 11) is 0. The third-order valence-corrected chi connectivity index (χ3v) is 6.30. The number of aromatic hydroxyl groups is 1. The number of rotatable bonds is 2. The van der Waals surface area contributed by atoms with Gasteiger partial charge in [0.05, 0.1) is 0 Å². The third kappa shape index (κ3) is 1.81. The average molecular weight is 271 g/mol. The highest BCUT2D eigenvalue weighted by Crippen LogP contribution is 2.49. The fraction of sp³-hybridized carbons (Fsp3) is 0.667. The van der Waals surface area contributed by atoms with Crippen LogP contribution in [0.15, 0.2) is 18.2 Å². The molecule has 4 rings (SSSR count). The van der Waals surface area contributed by atoms with Crippen molar-refractivity contribution in [1.82, 2.24) is 4.90 Å². The number of hydrogen-bond acceptors (Lipinski definition) is 2. The first-order chi connectivity index (χ1) is 9.58. The van der Waals surface area contributed by atoms with Gasteiger partial charge in [0.15, 0.2) is 0 Å². The first kappa shape index (κ1) is 12.7. The van der Waals surface area contributed by atoms with Crippen LogP contribution in [0.5, 0.6) is 5.75 Å². The summed E-state index contributed by atoms with van der Waals surface area (Å²) in [5.41, 5.74) is 3.12. The summed E-state index contributed by atoms with van der Waals surface area (Å²) in [6, 6.07) is 6.74. The van der Waals surface area contributed by atoms with Crippen LogP contribution in [-0.2, 0) is 11.8 Å². The van der Waals surface area contributed by atoms with E-state index in [2.05, 4.69) is 24.8 Å². The van der Waals surface area contributed by atoms with Crippen LogP contribution in [-0.4, -0.2) is 29.1 Å². The number of fused-ring (bicyclic) bond motifs is 4. The molecule has 2 aliphatic carbocycles. The van der Waals surface area contributed by atoms with Gasteiger partial charge in [-0.1, -0.05) is 19.9 Å². The molecule has 1 aromatic rings. The van der Waals surface area contributed by atoms with Crippen LogP contribution in [0.3, 0.4) is 0 Å². The van der Waals surface area contributed by atoms with Crippen molar-refractivity contribution >= 4 is 0 Å². The smallest absolute Gasteiger partial charge is 0.115 e. The van der Waals surface area contributed by atoms with Crippen molar-refractivity contribution in [2.45, 2.75) is 51.0 Å². The Morgan fingerprint density at radius 3 is 2.90 bits per heavy atom. The summed E-state index contributed by atoms with van der Waals surface area (Å²) < 4.78 is 0. The van der Waals surface area contributed by atoms with E-state index in [1.165, 1.54) is 49.9 Å². The Morgan fingerprint density at radius 2 is 2.15 bits per heavy atom. The van der Waals surface area contributed by atoms with E-state index in [1.54, 1.807) is 0 Å². The van der Waals surface area contributed by atoms with Crippen LogP contribution in [0.4, 0.5) is 0 Å². The molecule has 2 unspecified atom stereocenters. The minimum Gasteiger partial charge on any atom is -0.508 e. The summed E-state index contributed by atoms with van der Waals surface area (Å²) in [5.74, 6) is 2.09. The van der Waals surface area contributed by atoms with Gasteiger partial charge in [0.1, 0.15) is 5.75 Å². The summed E-state index contributed by atoms with van der Waals surface area (Å²) in [6.07, 6.45) is 5.28. The first-order valence-electron chi connectivity index (χ1n) is 8.14. The van der Waals surface area contributed by atoms with Crippen molar-refractivity contribution in [3.8, 4) is 5.75 Å². The Kier molecular flexibility index (Phi) is 2.69. The normalized spacial score (nSPS) is 36.7. The molecule has 0 aromatic heterocycles. The van der Waals surface area contributed by atoms with Gasteiger partial charge in [-0.2, -0.15) is 0 Å². The molecule has 0 amide bonds. The van der Waals surface area contributed by atoms with Gasteiger partial charge in [0, 0.05) is 12.6 Å². The molecule has 1 aromatic carbocycles. The number of nitrogens with zero attached hydrogens (tertiary/aromatic N) is 1. The van der Waals surface area contributed by atoms with Crippen LogP contribution >= 0.6 is 0 Å². The molecule has 2 bridgehead atoms. The SMILES string of the molecule is CC1[C@H]2Cc3ccc(O)cc3C1(C)CCN2CC1CC1. The largest absolute Gasteiger partial charge is 0.508 e. The van der Waals surface area contributed by atoms with Crippen LogP contribution < -0.4 is 0 Å². The predicted octanol–water partition coefficient (Wildman–Crippen LogP) is 3.33. The lowest BCUT2D eigenvalue weighted by molar-refractivity contribution is 0.0283. The zero-order valence-electron chi connectivity index (χ0n) is 12.6.